The number of hydrogen-bond acceptors (Lipinski definition) is 2. The van der Waals surface area contributed by atoms with Crippen molar-refractivity contribution in [2.24, 2.45) is 0 Å². The lowest BCUT2D eigenvalue weighted by molar-refractivity contribution is 0.101. The smallest absolute Gasteiger partial charge is 0.160 e. The van der Waals surface area contributed by atoms with Crippen LogP contribution < -0.4 is 10.6 Å². The molecule has 0 radical (unpaired) electrons. The van der Waals surface area contributed by atoms with Crippen molar-refractivity contribution in [3.63, 3.8) is 0 Å². The summed E-state index contributed by atoms with van der Waals surface area (Å²) in [6.45, 7) is 1.41. The average molecular weight is 262 g/mol. The summed E-state index contributed by atoms with van der Waals surface area (Å²) in [6, 6.07) is 11.1. The zero-order chi connectivity index (χ0) is 13.1. The topological polar surface area (TPSA) is 37.3 Å². The molecule has 0 fully saturated rings. The first-order valence-corrected chi connectivity index (χ1v) is 6.43. The van der Waals surface area contributed by atoms with E-state index in [-0.39, 0.29) is 20.1 Å². The third-order valence-electron chi connectivity index (χ3n) is 2.53. The Kier molecular flexibility index (Phi) is 3.73. The number of ketones is 1. The van der Waals surface area contributed by atoms with Gasteiger partial charge in [0.2, 0.25) is 0 Å². The van der Waals surface area contributed by atoms with Crippen LogP contribution in [-0.2, 0) is 0 Å². The van der Waals surface area contributed by atoms with Gasteiger partial charge < -0.3 is 5.11 Å². The Morgan fingerprint density at radius 1 is 1.17 bits per heavy atom. The third-order valence-corrected chi connectivity index (χ3v) is 3.93. The van der Waals surface area contributed by atoms with Crippen LogP contribution in [0.2, 0.25) is 0 Å². The lowest BCUT2D eigenvalue weighted by Crippen LogP contribution is -2.13. The molecule has 0 aromatic heterocycles. The minimum Gasteiger partial charge on any atom is -0.507 e. The number of rotatable bonds is 3. The summed E-state index contributed by atoms with van der Waals surface area (Å²) in [4.78, 5) is 11.5. The lowest BCUT2D eigenvalue weighted by atomic mass is 10.1. The molecule has 0 spiro atoms. The molecule has 2 nitrogen and oxygen atoms in total. The number of carbonyl (C=O) groups excluding carboxylic acids is 1. The van der Waals surface area contributed by atoms with Gasteiger partial charge >= 0.3 is 0 Å². The zero-order valence-electron chi connectivity index (χ0n) is 9.77. The van der Waals surface area contributed by atoms with E-state index in [0.29, 0.717) is 5.56 Å². The molecule has 2 aromatic rings. The van der Waals surface area contributed by atoms with Gasteiger partial charge in [-0.1, -0.05) is 32.8 Å². The Morgan fingerprint density at radius 2 is 1.89 bits per heavy atom. The normalized spacial score (nSPS) is 11.0. The number of phenols is 1. The van der Waals surface area contributed by atoms with Gasteiger partial charge in [-0.25, -0.2) is 4.39 Å². The van der Waals surface area contributed by atoms with Crippen molar-refractivity contribution < 1.29 is 14.3 Å². The van der Waals surface area contributed by atoms with Crippen LogP contribution in [0.5, 0.6) is 5.75 Å². The number of carbonyl (C=O) groups is 1. The van der Waals surface area contributed by atoms with E-state index >= 15 is 0 Å². The predicted octanol–water partition coefficient (Wildman–Crippen LogP) is 2.36. The molecule has 0 aliphatic heterocycles. The van der Waals surface area contributed by atoms with Crippen LogP contribution in [0, 0.1) is 5.82 Å². The fourth-order valence-electron chi connectivity index (χ4n) is 1.64. The van der Waals surface area contributed by atoms with Crippen molar-refractivity contribution in [2.75, 3.05) is 0 Å². The number of benzene rings is 2. The zero-order valence-corrected chi connectivity index (χ0v) is 10.8. The summed E-state index contributed by atoms with van der Waals surface area (Å²) < 4.78 is 13.1. The van der Waals surface area contributed by atoms with E-state index in [1.165, 1.54) is 19.1 Å². The summed E-state index contributed by atoms with van der Waals surface area (Å²) in [7, 11) is 0.126. The van der Waals surface area contributed by atoms with Gasteiger partial charge in [0.25, 0.3) is 0 Å². The Hall–Kier alpha value is -1.73. The number of halogens is 1. The van der Waals surface area contributed by atoms with E-state index in [1.807, 2.05) is 6.07 Å². The molecular formula is C14H12FO2P. The van der Waals surface area contributed by atoms with Gasteiger partial charge in [0.1, 0.15) is 11.6 Å². The summed E-state index contributed by atoms with van der Waals surface area (Å²) in [5.74, 6) is -0.409. The Labute approximate surface area is 106 Å². The lowest BCUT2D eigenvalue weighted by Gasteiger charge is -2.08. The van der Waals surface area contributed by atoms with E-state index in [2.05, 4.69) is 0 Å². The highest BCUT2D eigenvalue weighted by Gasteiger charge is 2.10. The van der Waals surface area contributed by atoms with Crippen LogP contribution in [-0.4, -0.2) is 10.9 Å². The number of Topliss-reactive ketones (excluding diaryl/α,β-unsaturated/α-hetero) is 1. The van der Waals surface area contributed by atoms with Crippen LogP contribution >= 0.6 is 8.58 Å². The summed E-state index contributed by atoms with van der Waals surface area (Å²) in [6.07, 6.45) is 0. The van der Waals surface area contributed by atoms with E-state index in [9.17, 15) is 14.3 Å². The van der Waals surface area contributed by atoms with Crippen LogP contribution in [0.3, 0.4) is 0 Å². The Morgan fingerprint density at radius 3 is 2.56 bits per heavy atom. The van der Waals surface area contributed by atoms with Crippen LogP contribution in [0.15, 0.2) is 42.5 Å². The number of phenolic OH excluding ortho intramolecular Hbond substituents is 1. The van der Waals surface area contributed by atoms with E-state index in [1.54, 1.807) is 24.3 Å². The highest BCUT2D eigenvalue weighted by Crippen LogP contribution is 2.20. The van der Waals surface area contributed by atoms with Gasteiger partial charge in [-0.3, -0.25) is 4.79 Å². The fourth-order valence-corrected chi connectivity index (χ4v) is 2.87. The third kappa shape index (κ3) is 2.74. The largest absolute Gasteiger partial charge is 0.507 e. The van der Waals surface area contributed by atoms with E-state index in [0.717, 1.165) is 10.6 Å². The molecule has 18 heavy (non-hydrogen) atoms. The first-order valence-electron chi connectivity index (χ1n) is 5.43. The molecule has 0 amide bonds. The maximum atomic E-state index is 13.1. The van der Waals surface area contributed by atoms with Crippen molar-refractivity contribution in [1.82, 2.24) is 0 Å². The van der Waals surface area contributed by atoms with Crippen molar-refractivity contribution in [2.45, 2.75) is 6.92 Å². The Balaban J connectivity index is 2.41. The van der Waals surface area contributed by atoms with E-state index in [4.69, 9.17) is 0 Å². The molecule has 1 unspecified atom stereocenters. The van der Waals surface area contributed by atoms with Gasteiger partial charge in [-0.05, 0) is 30.4 Å². The standard InChI is InChI=1S/C14H12FO2P/c1-9(16)11-8-10(15)6-7-13(11)18-14-5-3-2-4-12(14)17/h2-8,17-18H,1H3. The first-order chi connectivity index (χ1) is 8.58. The molecule has 0 bridgehead atoms. The van der Waals surface area contributed by atoms with Crippen molar-refractivity contribution in [3.8, 4) is 5.75 Å². The second-order valence-corrected chi connectivity index (χ2v) is 5.22. The molecule has 0 heterocycles. The quantitative estimate of drug-likeness (QED) is 0.681. The maximum absolute atomic E-state index is 13.1. The van der Waals surface area contributed by atoms with Gasteiger partial charge in [-0.15, -0.1) is 0 Å². The molecule has 4 heteroatoms. The number of aromatic hydroxyl groups is 1. The van der Waals surface area contributed by atoms with Gasteiger partial charge in [0.05, 0.1) is 0 Å². The molecule has 0 saturated heterocycles. The van der Waals surface area contributed by atoms with E-state index < -0.39 is 5.82 Å². The van der Waals surface area contributed by atoms with Crippen molar-refractivity contribution in [3.05, 3.63) is 53.8 Å². The Bertz CT molecular complexity index is 596. The minimum atomic E-state index is -0.425. The molecule has 1 atom stereocenters. The predicted molar refractivity (Wildman–Crippen MR) is 72.1 cm³/mol. The summed E-state index contributed by atoms with van der Waals surface area (Å²) in [5, 5.41) is 11.2. The van der Waals surface area contributed by atoms with Gasteiger partial charge in [0.15, 0.2) is 5.78 Å². The van der Waals surface area contributed by atoms with Crippen LogP contribution in [0.1, 0.15) is 17.3 Å². The van der Waals surface area contributed by atoms with Gasteiger partial charge in [0, 0.05) is 10.9 Å². The molecule has 2 aromatic carbocycles. The molecule has 0 saturated carbocycles. The number of para-hydroxylation sites is 1. The first kappa shape index (κ1) is 12.7. The summed E-state index contributed by atoms with van der Waals surface area (Å²) >= 11 is 0. The van der Waals surface area contributed by atoms with Crippen LogP contribution in [0.4, 0.5) is 4.39 Å². The number of hydrogen-bond donors (Lipinski definition) is 1. The monoisotopic (exact) mass is 262 g/mol. The van der Waals surface area contributed by atoms with Crippen molar-refractivity contribution in [1.29, 1.82) is 0 Å². The second-order valence-electron chi connectivity index (χ2n) is 3.89. The molecule has 1 N–H and O–H groups in total. The molecular weight excluding hydrogens is 250 g/mol. The summed E-state index contributed by atoms with van der Waals surface area (Å²) in [5.41, 5.74) is 0.372. The highest BCUT2D eigenvalue weighted by molar-refractivity contribution is 7.56. The highest BCUT2D eigenvalue weighted by atomic mass is 31.1. The molecule has 0 aliphatic rings. The van der Waals surface area contributed by atoms with Gasteiger partial charge in [-0.2, -0.15) is 0 Å². The second kappa shape index (κ2) is 5.28. The van der Waals surface area contributed by atoms with Crippen LogP contribution in [0.25, 0.3) is 0 Å². The average Bonchev–Trinajstić information content (AvgIpc) is 2.34. The molecule has 0 aliphatic carbocycles. The fraction of sp³-hybridized carbons (Fsp3) is 0.0714. The van der Waals surface area contributed by atoms with Crippen molar-refractivity contribution >= 4 is 25.0 Å². The molecule has 2 rings (SSSR count). The molecule has 92 valence electrons. The minimum absolute atomic E-state index is 0.126. The SMILES string of the molecule is CC(=O)c1cc(F)ccc1Pc1ccccc1O. The maximum Gasteiger partial charge on any atom is 0.160 e.